The van der Waals surface area contributed by atoms with Gasteiger partial charge in [0.25, 0.3) is 0 Å². The van der Waals surface area contributed by atoms with Crippen LogP contribution in [0.4, 0.5) is 4.39 Å². The number of hydrogen-bond donors (Lipinski definition) is 1. The number of Topliss-reactive ketones (excluding diaryl/α,β-unsaturated/α-hetero) is 1. The third-order valence-electron chi connectivity index (χ3n) is 9.07. The van der Waals surface area contributed by atoms with E-state index in [0.29, 0.717) is 12.4 Å². The van der Waals surface area contributed by atoms with Crippen molar-refractivity contribution >= 4 is 17.7 Å². The summed E-state index contributed by atoms with van der Waals surface area (Å²) in [6.45, 7) is 10.5. The molecule has 5 aliphatic rings. The summed E-state index contributed by atoms with van der Waals surface area (Å²) < 4.78 is 33.0. The Labute approximate surface area is 243 Å². The van der Waals surface area contributed by atoms with E-state index in [1.165, 1.54) is 50.7 Å². The molecule has 0 spiro atoms. The number of rotatable bonds is 9. The molecule has 5 fully saturated rings. The van der Waals surface area contributed by atoms with Gasteiger partial charge in [-0.2, -0.15) is 0 Å². The molecule has 7 nitrogen and oxygen atoms in total. The Hall–Kier alpha value is -2.48. The molecule has 0 amide bonds. The topological polar surface area (TPSA) is 105 Å². The molecule has 2 N–H and O–H groups in total. The van der Waals surface area contributed by atoms with Crippen LogP contribution in [0, 0.1) is 29.0 Å². The van der Waals surface area contributed by atoms with Crippen molar-refractivity contribution in [2.24, 2.45) is 28.9 Å². The minimum Gasteiger partial charge on any atom is -0.493 e. The van der Waals surface area contributed by atoms with Gasteiger partial charge in [-0.25, -0.2) is 9.18 Å². The minimum atomic E-state index is -2.46. The van der Waals surface area contributed by atoms with Crippen molar-refractivity contribution in [3.8, 4) is 5.75 Å². The van der Waals surface area contributed by atoms with Crippen molar-refractivity contribution in [2.75, 3.05) is 6.61 Å². The van der Waals surface area contributed by atoms with Crippen LogP contribution < -0.4 is 10.5 Å². The van der Waals surface area contributed by atoms with E-state index >= 15 is 4.39 Å². The van der Waals surface area contributed by atoms with Crippen molar-refractivity contribution in [3.63, 3.8) is 0 Å². The first-order valence-corrected chi connectivity index (χ1v) is 15.2. The summed E-state index contributed by atoms with van der Waals surface area (Å²) in [6, 6.07) is 2.75. The molecule has 4 bridgehead atoms. The van der Waals surface area contributed by atoms with Crippen LogP contribution in [0.5, 0.6) is 5.75 Å². The molecule has 1 aromatic carbocycles. The zero-order valence-corrected chi connectivity index (χ0v) is 25.4. The molecule has 0 aliphatic heterocycles. The van der Waals surface area contributed by atoms with Crippen LogP contribution in [0.15, 0.2) is 12.1 Å². The third kappa shape index (κ3) is 6.63. The van der Waals surface area contributed by atoms with Crippen LogP contribution in [0.3, 0.4) is 0 Å². The summed E-state index contributed by atoms with van der Waals surface area (Å²) in [5.74, 6) is -0.850. The normalized spacial score (nSPS) is 28.6. The number of esters is 2. The molecule has 1 aromatic rings. The number of halogens is 1. The number of nitrogens with two attached hydrogens (primary N) is 1. The average Bonchev–Trinajstić information content (AvgIpc) is 3.64. The fourth-order valence-corrected chi connectivity index (χ4v) is 7.74. The van der Waals surface area contributed by atoms with Crippen LogP contribution in [0.2, 0.25) is 0 Å². The summed E-state index contributed by atoms with van der Waals surface area (Å²) in [5.41, 5.74) is 2.65. The highest BCUT2D eigenvalue weighted by Crippen LogP contribution is 2.60. The van der Waals surface area contributed by atoms with E-state index in [1.807, 2.05) is 0 Å². The van der Waals surface area contributed by atoms with Crippen LogP contribution >= 0.6 is 0 Å². The summed E-state index contributed by atoms with van der Waals surface area (Å²) in [6.07, 6.45) is 8.56. The highest BCUT2D eigenvalue weighted by atomic mass is 19.1. The van der Waals surface area contributed by atoms with Gasteiger partial charge in [-0.15, -0.1) is 0 Å². The highest BCUT2D eigenvalue weighted by molar-refractivity contribution is 6.18. The average molecular weight is 572 g/mol. The number of benzene rings is 1. The molecule has 0 aromatic heterocycles. The fourth-order valence-electron chi connectivity index (χ4n) is 7.74. The lowest BCUT2D eigenvalue weighted by atomic mass is 9.50. The number of carbonyl (C=O) groups excluding carboxylic acids is 3. The molecule has 0 heterocycles. The smallest absolute Gasteiger partial charge is 0.335 e. The fraction of sp³-hybridized carbons (Fsp3) is 0.727. The second kappa shape index (κ2) is 10.4. The van der Waals surface area contributed by atoms with Gasteiger partial charge in [0.05, 0.1) is 18.6 Å². The SMILES string of the molecule is CC(C)(C)OC(=O)C[C@](N)(C(=O)OC(C)(C)C)C(=O)c1cc(C2CC2)c(OCC23CC4CC(CC(C4)C2)C3)cc1F. The first-order valence-electron chi connectivity index (χ1n) is 15.2. The molecule has 41 heavy (non-hydrogen) atoms. The Bertz CT molecular complexity index is 1190. The Morgan fingerprint density at radius 2 is 1.44 bits per heavy atom. The van der Waals surface area contributed by atoms with E-state index in [-0.39, 0.29) is 16.9 Å². The summed E-state index contributed by atoms with van der Waals surface area (Å²) in [5, 5.41) is 0. The maximum atomic E-state index is 15.8. The second-order valence-electron chi connectivity index (χ2n) is 15.4. The van der Waals surface area contributed by atoms with Crippen LogP contribution in [-0.2, 0) is 19.1 Å². The van der Waals surface area contributed by atoms with Gasteiger partial charge in [0.15, 0.2) is 11.3 Å². The zero-order valence-electron chi connectivity index (χ0n) is 25.4. The molecule has 8 heteroatoms. The third-order valence-corrected chi connectivity index (χ3v) is 9.07. The zero-order chi connectivity index (χ0) is 30.0. The Balaban J connectivity index is 1.42. The van der Waals surface area contributed by atoms with Gasteiger partial charge in [-0.3, -0.25) is 9.59 Å². The predicted octanol–water partition coefficient (Wildman–Crippen LogP) is 6.25. The molecular formula is C33H46FNO6. The Kier molecular flexibility index (Phi) is 7.57. The van der Waals surface area contributed by atoms with Crippen molar-refractivity contribution < 1.29 is 33.0 Å². The van der Waals surface area contributed by atoms with Crippen molar-refractivity contribution in [1.82, 2.24) is 0 Å². The second-order valence-corrected chi connectivity index (χ2v) is 15.4. The van der Waals surface area contributed by atoms with Gasteiger partial charge < -0.3 is 19.9 Å². The largest absolute Gasteiger partial charge is 0.493 e. The molecule has 5 aliphatic carbocycles. The van der Waals surface area contributed by atoms with Gasteiger partial charge in [-0.1, -0.05) is 0 Å². The van der Waals surface area contributed by atoms with Gasteiger partial charge in [0.1, 0.15) is 22.8 Å². The van der Waals surface area contributed by atoms with Crippen LogP contribution in [0.25, 0.3) is 0 Å². The van der Waals surface area contributed by atoms with E-state index in [9.17, 15) is 14.4 Å². The maximum Gasteiger partial charge on any atom is 0.335 e. The summed E-state index contributed by atoms with van der Waals surface area (Å²) in [4.78, 5) is 40.0. The highest BCUT2D eigenvalue weighted by Gasteiger charge is 2.52. The van der Waals surface area contributed by atoms with Gasteiger partial charge >= 0.3 is 11.9 Å². The monoisotopic (exact) mass is 571 g/mol. The lowest BCUT2D eigenvalue weighted by molar-refractivity contribution is -0.166. The number of ketones is 1. The molecule has 0 unspecified atom stereocenters. The quantitative estimate of drug-likeness (QED) is 0.212. The van der Waals surface area contributed by atoms with Gasteiger partial charge in [0.2, 0.25) is 0 Å². The standard InChI is InChI=1S/C33H46FNO6/c1-30(2,3)40-27(36)17-33(35,29(38)41-31(4,5)6)28(37)24-12-23(22-7-8-22)26(13-25(24)34)39-18-32-14-19-9-20(15-32)11-21(10-19)16-32/h12-13,19-22H,7-11,14-18,35H2,1-6H3/t19?,20?,21?,32?,33-/m1/s1. The minimum absolute atomic E-state index is 0.146. The van der Waals surface area contributed by atoms with Crippen LogP contribution in [-0.4, -0.2) is 41.1 Å². The molecule has 6 rings (SSSR count). The lowest BCUT2D eigenvalue weighted by Gasteiger charge is -2.56. The Morgan fingerprint density at radius 3 is 1.93 bits per heavy atom. The van der Waals surface area contributed by atoms with E-state index in [4.69, 9.17) is 19.9 Å². The van der Waals surface area contributed by atoms with E-state index < -0.39 is 46.7 Å². The molecular weight excluding hydrogens is 525 g/mol. The molecule has 0 saturated heterocycles. The Morgan fingerprint density at radius 1 is 0.902 bits per heavy atom. The first kappa shape index (κ1) is 30.0. The number of carbonyl (C=O) groups is 3. The van der Waals surface area contributed by atoms with Crippen molar-refractivity contribution in [1.29, 1.82) is 0 Å². The molecule has 5 saturated carbocycles. The lowest BCUT2D eigenvalue weighted by Crippen LogP contribution is -2.59. The van der Waals surface area contributed by atoms with E-state index in [1.54, 1.807) is 41.5 Å². The van der Waals surface area contributed by atoms with Crippen LogP contribution in [0.1, 0.15) is 121 Å². The van der Waals surface area contributed by atoms with E-state index in [0.717, 1.165) is 36.2 Å². The number of hydrogen-bond acceptors (Lipinski definition) is 7. The molecule has 1 atom stereocenters. The predicted molar refractivity (Wildman–Crippen MR) is 152 cm³/mol. The van der Waals surface area contributed by atoms with Gasteiger partial charge in [0, 0.05) is 11.5 Å². The first-order chi connectivity index (χ1) is 19.0. The van der Waals surface area contributed by atoms with E-state index in [2.05, 4.69) is 0 Å². The maximum absolute atomic E-state index is 15.8. The van der Waals surface area contributed by atoms with Crippen molar-refractivity contribution in [3.05, 3.63) is 29.1 Å². The number of ether oxygens (including phenoxy) is 3. The van der Waals surface area contributed by atoms with Gasteiger partial charge in [-0.05, 0) is 128 Å². The summed E-state index contributed by atoms with van der Waals surface area (Å²) in [7, 11) is 0. The summed E-state index contributed by atoms with van der Waals surface area (Å²) >= 11 is 0. The molecule has 226 valence electrons. The van der Waals surface area contributed by atoms with Crippen molar-refractivity contribution in [2.45, 2.75) is 122 Å². The molecule has 0 radical (unpaired) electrons.